The Morgan fingerprint density at radius 2 is 2.27 bits per heavy atom. The molecule has 0 fully saturated rings. The van der Waals surface area contributed by atoms with Crippen molar-refractivity contribution in [2.75, 3.05) is 17.3 Å². The van der Waals surface area contributed by atoms with Gasteiger partial charge >= 0.3 is 0 Å². The van der Waals surface area contributed by atoms with E-state index < -0.39 is 0 Å². The van der Waals surface area contributed by atoms with Crippen molar-refractivity contribution in [3.63, 3.8) is 0 Å². The molecule has 1 rings (SSSR count). The Labute approximate surface area is 88.9 Å². The van der Waals surface area contributed by atoms with Crippen LogP contribution in [-0.2, 0) is 0 Å². The van der Waals surface area contributed by atoms with Gasteiger partial charge in [-0.15, -0.1) is 0 Å². The first-order valence-electron chi connectivity index (χ1n) is 4.84. The van der Waals surface area contributed by atoms with E-state index in [0.29, 0.717) is 17.7 Å². The third-order valence-corrected chi connectivity index (χ3v) is 2.12. The predicted molar refractivity (Wildman–Crippen MR) is 59.2 cm³/mol. The lowest BCUT2D eigenvalue weighted by atomic mass is 10.1. The van der Waals surface area contributed by atoms with Crippen molar-refractivity contribution in [3.05, 3.63) is 12.3 Å². The first-order chi connectivity index (χ1) is 7.17. The second kappa shape index (κ2) is 5.47. The Morgan fingerprint density at radius 3 is 2.80 bits per heavy atom. The van der Waals surface area contributed by atoms with E-state index in [1.165, 1.54) is 0 Å². The molecule has 0 saturated carbocycles. The molecule has 0 bridgehead atoms. The molecule has 6 nitrogen and oxygen atoms in total. The van der Waals surface area contributed by atoms with E-state index in [2.05, 4.69) is 20.7 Å². The average Bonchev–Trinajstić information content (AvgIpc) is 2.25. The lowest BCUT2D eigenvalue weighted by Gasteiger charge is -2.20. The minimum atomic E-state index is -0.0227. The first-order valence-corrected chi connectivity index (χ1v) is 4.84. The number of aromatic nitrogens is 2. The summed E-state index contributed by atoms with van der Waals surface area (Å²) in [7, 11) is 0. The molecular weight excluding hydrogens is 194 g/mol. The van der Waals surface area contributed by atoms with Crippen LogP contribution in [0, 0.1) is 5.92 Å². The van der Waals surface area contributed by atoms with Crippen LogP contribution in [0.5, 0.6) is 0 Å². The summed E-state index contributed by atoms with van der Waals surface area (Å²) in [6.07, 6.45) is 1.60. The molecular formula is C9H17N5O. The highest BCUT2D eigenvalue weighted by Crippen LogP contribution is 2.10. The highest BCUT2D eigenvalue weighted by Gasteiger charge is 2.12. The lowest BCUT2D eigenvalue weighted by molar-refractivity contribution is 0.249. The fourth-order valence-corrected chi connectivity index (χ4v) is 1.12. The van der Waals surface area contributed by atoms with E-state index >= 15 is 0 Å². The minimum Gasteiger partial charge on any atom is -0.394 e. The Morgan fingerprint density at radius 1 is 1.53 bits per heavy atom. The van der Waals surface area contributed by atoms with Gasteiger partial charge in [-0.05, 0) is 12.0 Å². The number of hydrogen-bond donors (Lipinski definition) is 4. The number of hydrazine groups is 1. The average molecular weight is 211 g/mol. The van der Waals surface area contributed by atoms with Gasteiger partial charge in [0.1, 0.15) is 5.82 Å². The zero-order valence-corrected chi connectivity index (χ0v) is 8.94. The molecule has 0 aromatic carbocycles. The number of aliphatic hydroxyl groups excluding tert-OH is 1. The molecule has 0 aliphatic carbocycles. The van der Waals surface area contributed by atoms with Crippen molar-refractivity contribution >= 4 is 11.8 Å². The van der Waals surface area contributed by atoms with Crippen molar-refractivity contribution in [1.82, 2.24) is 9.97 Å². The molecule has 15 heavy (non-hydrogen) atoms. The molecule has 1 heterocycles. The molecule has 0 amide bonds. The van der Waals surface area contributed by atoms with Crippen LogP contribution in [0.25, 0.3) is 0 Å². The van der Waals surface area contributed by atoms with E-state index in [0.717, 1.165) is 0 Å². The van der Waals surface area contributed by atoms with Crippen LogP contribution in [-0.4, -0.2) is 27.7 Å². The van der Waals surface area contributed by atoms with Gasteiger partial charge in [-0.1, -0.05) is 13.8 Å². The Kier molecular flexibility index (Phi) is 4.26. The van der Waals surface area contributed by atoms with E-state index in [-0.39, 0.29) is 12.6 Å². The summed E-state index contributed by atoms with van der Waals surface area (Å²) >= 11 is 0. The fraction of sp³-hybridized carbons (Fsp3) is 0.556. The third-order valence-electron chi connectivity index (χ3n) is 2.12. The molecule has 1 atom stereocenters. The quantitative estimate of drug-likeness (QED) is 0.410. The van der Waals surface area contributed by atoms with Gasteiger partial charge in [0.25, 0.3) is 0 Å². The lowest BCUT2D eigenvalue weighted by Crippen LogP contribution is -2.30. The topological polar surface area (TPSA) is 96.1 Å². The SMILES string of the molecule is CC(C)C(CO)Nc1ccnc(NN)n1. The van der Waals surface area contributed by atoms with Crippen molar-refractivity contribution in [2.24, 2.45) is 11.8 Å². The molecule has 0 radical (unpaired) electrons. The number of rotatable bonds is 5. The summed E-state index contributed by atoms with van der Waals surface area (Å²) in [5.41, 5.74) is 2.36. The van der Waals surface area contributed by atoms with Crippen LogP contribution in [0.2, 0.25) is 0 Å². The van der Waals surface area contributed by atoms with Gasteiger partial charge in [0.05, 0.1) is 12.6 Å². The second-order valence-electron chi connectivity index (χ2n) is 3.59. The largest absolute Gasteiger partial charge is 0.394 e. The maximum Gasteiger partial charge on any atom is 0.239 e. The normalized spacial score (nSPS) is 12.6. The van der Waals surface area contributed by atoms with Crippen molar-refractivity contribution < 1.29 is 5.11 Å². The maximum atomic E-state index is 9.14. The molecule has 6 heteroatoms. The first kappa shape index (κ1) is 11.7. The smallest absolute Gasteiger partial charge is 0.239 e. The highest BCUT2D eigenvalue weighted by atomic mass is 16.3. The van der Waals surface area contributed by atoms with Gasteiger partial charge in [-0.25, -0.2) is 10.8 Å². The summed E-state index contributed by atoms with van der Waals surface area (Å²) < 4.78 is 0. The van der Waals surface area contributed by atoms with Gasteiger partial charge in [0.2, 0.25) is 5.95 Å². The second-order valence-corrected chi connectivity index (χ2v) is 3.59. The summed E-state index contributed by atoms with van der Waals surface area (Å²) in [6.45, 7) is 4.11. The van der Waals surface area contributed by atoms with Crippen LogP contribution < -0.4 is 16.6 Å². The van der Waals surface area contributed by atoms with Crippen LogP contribution in [0.1, 0.15) is 13.8 Å². The predicted octanol–water partition coefficient (Wildman–Crippen LogP) is 0.191. The molecule has 1 aromatic heterocycles. The van der Waals surface area contributed by atoms with Crippen molar-refractivity contribution in [2.45, 2.75) is 19.9 Å². The number of nitrogen functional groups attached to an aromatic ring is 1. The van der Waals surface area contributed by atoms with Crippen molar-refractivity contribution in [3.8, 4) is 0 Å². The summed E-state index contributed by atoms with van der Waals surface area (Å²) in [5, 5.41) is 12.2. The van der Waals surface area contributed by atoms with E-state index in [4.69, 9.17) is 10.9 Å². The number of aliphatic hydroxyl groups is 1. The molecule has 0 aliphatic heterocycles. The molecule has 1 unspecified atom stereocenters. The number of nitrogens with one attached hydrogen (secondary N) is 2. The summed E-state index contributed by atoms with van der Waals surface area (Å²) in [6, 6.07) is 1.71. The Hall–Kier alpha value is -1.40. The van der Waals surface area contributed by atoms with Crippen LogP contribution in [0.4, 0.5) is 11.8 Å². The number of anilines is 2. The van der Waals surface area contributed by atoms with Gasteiger partial charge < -0.3 is 10.4 Å². The number of hydrogen-bond acceptors (Lipinski definition) is 6. The van der Waals surface area contributed by atoms with Gasteiger partial charge in [0.15, 0.2) is 0 Å². The molecule has 84 valence electrons. The third kappa shape index (κ3) is 3.34. The van der Waals surface area contributed by atoms with Gasteiger partial charge in [0, 0.05) is 6.20 Å². The summed E-state index contributed by atoms with van der Waals surface area (Å²) in [4.78, 5) is 7.98. The Balaban J connectivity index is 2.70. The fourth-order valence-electron chi connectivity index (χ4n) is 1.12. The van der Waals surface area contributed by atoms with Gasteiger partial charge in [-0.3, -0.25) is 5.43 Å². The zero-order chi connectivity index (χ0) is 11.3. The Bertz CT molecular complexity index is 304. The summed E-state index contributed by atoms with van der Waals surface area (Å²) in [5.74, 6) is 6.50. The van der Waals surface area contributed by atoms with E-state index in [1.807, 2.05) is 13.8 Å². The monoisotopic (exact) mass is 211 g/mol. The zero-order valence-electron chi connectivity index (χ0n) is 8.94. The highest BCUT2D eigenvalue weighted by molar-refractivity contribution is 5.39. The maximum absolute atomic E-state index is 9.14. The molecule has 0 spiro atoms. The van der Waals surface area contributed by atoms with E-state index in [1.54, 1.807) is 12.3 Å². The van der Waals surface area contributed by atoms with Crippen LogP contribution in [0.3, 0.4) is 0 Å². The van der Waals surface area contributed by atoms with Crippen molar-refractivity contribution in [1.29, 1.82) is 0 Å². The van der Waals surface area contributed by atoms with Crippen LogP contribution in [0.15, 0.2) is 12.3 Å². The minimum absolute atomic E-state index is 0.0227. The molecule has 0 saturated heterocycles. The molecule has 5 N–H and O–H groups in total. The molecule has 0 aliphatic rings. The number of nitrogens with two attached hydrogens (primary N) is 1. The number of nitrogens with zero attached hydrogens (tertiary/aromatic N) is 2. The molecule has 1 aromatic rings. The van der Waals surface area contributed by atoms with Crippen LogP contribution >= 0.6 is 0 Å². The van der Waals surface area contributed by atoms with Gasteiger partial charge in [-0.2, -0.15) is 4.98 Å². The standard InChI is InChI=1S/C9H17N5O/c1-6(2)7(5-15)12-8-3-4-11-9(13-8)14-10/h3-4,6-7,15H,5,10H2,1-2H3,(H2,11,12,13,14). The van der Waals surface area contributed by atoms with E-state index in [9.17, 15) is 0 Å².